The Labute approximate surface area is 158 Å². The van der Waals surface area contributed by atoms with E-state index in [0.717, 1.165) is 0 Å². The second kappa shape index (κ2) is 11.3. The van der Waals surface area contributed by atoms with Crippen molar-refractivity contribution in [2.75, 3.05) is 0 Å². The molecule has 0 saturated heterocycles. The van der Waals surface area contributed by atoms with E-state index in [2.05, 4.69) is 4.52 Å². The zero-order valence-corrected chi connectivity index (χ0v) is 14.6. The molecule has 0 amide bonds. The van der Waals surface area contributed by atoms with Gasteiger partial charge in [0.25, 0.3) is 0 Å². The first-order chi connectivity index (χ1) is 10.2. The van der Waals surface area contributed by atoms with Gasteiger partial charge < -0.3 is 19.8 Å². The summed E-state index contributed by atoms with van der Waals surface area (Å²) in [5, 5.41) is 26.6. The maximum atomic E-state index is 11.8. The summed E-state index contributed by atoms with van der Waals surface area (Å²) in [7, 11) is -3.49. The molecular weight excluding hydrogens is 446 g/mol. The number of benzene rings is 1. The van der Waals surface area contributed by atoms with Gasteiger partial charge in [-0.25, -0.2) is 9.36 Å². The number of carbonyl (C=O) groups is 3. The van der Waals surface area contributed by atoms with Crippen LogP contribution in [0.15, 0.2) is 30.3 Å². The summed E-state index contributed by atoms with van der Waals surface area (Å²) in [6.45, 7) is 0. The van der Waals surface area contributed by atoms with Crippen molar-refractivity contribution in [1.82, 2.24) is 0 Å². The van der Waals surface area contributed by atoms with Crippen molar-refractivity contribution in [2.45, 2.75) is 18.4 Å². The standard InChI is InChI=1S/C12H13O9P.2Cu/c13-9(14)6-12(11(17)18,7-10(15)16)21-22(19)20-8-4-2-1-3-5-8;;/h1-5,22H,6-7H2,(H,13,14)(H,15,16)(H,17,18);;. The number of para-hydroxylation sites is 1. The van der Waals surface area contributed by atoms with Gasteiger partial charge in [-0.15, -0.1) is 0 Å². The molecule has 0 aromatic heterocycles. The first kappa shape index (κ1) is 24.9. The average molecular weight is 459 g/mol. The van der Waals surface area contributed by atoms with Gasteiger partial charge in [0.2, 0.25) is 0 Å². The average Bonchev–Trinajstić information content (AvgIpc) is 2.37. The minimum absolute atomic E-state index is 0. The fourth-order valence-corrected chi connectivity index (χ4v) is 2.50. The molecule has 0 aliphatic carbocycles. The van der Waals surface area contributed by atoms with Gasteiger partial charge in [0.15, 0.2) is 5.60 Å². The Morgan fingerprint density at radius 3 is 1.79 bits per heavy atom. The second-order valence-corrected chi connectivity index (χ2v) is 5.12. The molecule has 2 radical (unpaired) electrons. The van der Waals surface area contributed by atoms with Crippen LogP contribution in [0, 0.1) is 0 Å². The van der Waals surface area contributed by atoms with E-state index in [0.29, 0.717) is 0 Å². The van der Waals surface area contributed by atoms with Gasteiger partial charge in [-0.2, -0.15) is 0 Å². The summed E-state index contributed by atoms with van der Waals surface area (Å²) in [5.74, 6) is -4.97. The third kappa shape index (κ3) is 7.97. The number of aliphatic carboxylic acids is 3. The van der Waals surface area contributed by atoms with Crippen LogP contribution in [0.3, 0.4) is 0 Å². The van der Waals surface area contributed by atoms with Crippen LogP contribution in [0.1, 0.15) is 12.8 Å². The molecule has 1 atom stereocenters. The van der Waals surface area contributed by atoms with E-state index in [9.17, 15) is 18.9 Å². The number of rotatable bonds is 9. The Bertz CT molecular complexity index is 577. The van der Waals surface area contributed by atoms with Gasteiger partial charge in [0.1, 0.15) is 5.75 Å². The number of carboxylic acid groups (broad SMARTS) is 3. The molecule has 12 heteroatoms. The van der Waals surface area contributed by atoms with Gasteiger partial charge in [0.05, 0.1) is 12.8 Å². The molecule has 0 fully saturated rings. The number of hydrogen-bond donors (Lipinski definition) is 3. The third-order valence-corrected chi connectivity index (χ3v) is 3.45. The molecule has 9 nitrogen and oxygen atoms in total. The summed E-state index contributed by atoms with van der Waals surface area (Å²) in [6, 6.07) is 7.61. The maximum Gasteiger partial charge on any atom is 0.368 e. The van der Waals surface area contributed by atoms with Crippen LogP contribution in [0.2, 0.25) is 0 Å². The van der Waals surface area contributed by atoms with Gasteiger partial charge in [-0.3, -0.25) is 14.1 Å². The molecule has 0 aliphatic rings. The van der Waals surface area contributed by atoms with Gasteiger partial charge in [-0.1, -0.05) is 18.2 Å². The SMILES string of the molecule is O=C(O)CC(CC(=O)O)(O[PH](=O)Oc1ccccc1)C(=O)O.[Cu].[Cu]. The van der Waals surface area contributed by atoms with Crippen LogP contribution in [0.4, 0.5) is 0 Å². The predicted octanol–water partition coefficient (Wildman–Crippen LogP) is 1.24. The molecule has 1 unspecified atom stereocenters. The van der Waals surface area contributed by atoms with Crippen molar-refractivity contribution in [3.8, 4) is 5.75 Å². The minimum Gasteiger partial charge on any atom is -0.481 e. The first-order valence-electron chi connectivity index (χ1n) is 5.88. The quantitative estimate of drug-likeness (QED) is 0.366. The van der Waals surface area contributed by atoms with E-state index >= 15 is 0 Å². The molecule has 0 saturated carbocycles. The summed E-state index contributed by atoms with van der Waals surface area (Å²) in [4.78, 5) is 32.8. The van der Waals surface area contributed by atoms with Crippen molar-refractivity contribution in [3.63, 3.8) is 0 Å². The smallest absolute Gasteiger partial charge is 0.368 e. The van der Waals surface area contributed by atoms with Gasteiger partial charge in [0, 0.05) is 34.1 Å². The van der Waals surface area contributed by atoms with Crippen LogP contribution in [0.5, 0.6) is 5.75 Å². The molecule has 0 spiro atoms. The van der Waals surface area contributed by atoms with E-state index < -0.39 is 44.6 Å². The Balaban J connectivity index is 0. The second-order valence-electron chi connectivity index (χ2n) is 4.21. The predicted molar refractivity (Wildman–Crippen MR) is 72.0 cm³/mol. The van der Waals surface area contributed by atoms with Crippen LogP contribution >= 0.6 is 8.25 Å². The molecule has 1 aromatic carbocycles. The van der Waals surface area contributed by atoms with Crippen molar-refractivity contribution in [3.05, 3.63) is 30.3 Å². The Kier molecular flexibility index (Phi) is 11.7. The molecule has 142 valence electrons. The molecule has 24 heavy (non-hydrogen) atoms. The molecule has 3 N–H and O–H groups in total. The zero-order chi connectivity index (χ0) is 16.8. The Morgan fingerprint density at radius 2 is 1.42 bits per heavy atom. The van der Waals surface area contributed by atoms with Crippen LogP contribution in [0.25, 0.3) is 0 Å². The molecule has 0 aliphatic heterocycles. The van der Waals surface area contributed by atoms with Crippen molar-refractivity contribution in [2.24, 2.45) is 0 Å². The van der Waals surface area contributed by atoms with Crippen molar-refractivity contribution >= 4 is 26.2 Å². The summed E-state index contributed by atoms with van der Waals surface area (Å²) >= 11 is 0. The summed E-state index contributed by atoms with van der Waals surface area (Å²) < 4.78 is 21.3. The maximum absolute atomic E-state index is 11.8. The molecule has 1 rings (SSSR count). The number of carboxylic acids is 3. The normalized spacial score (nSPS) is 11.3. The fourth-order valence-electron chi connectivity index (χ4n) is 1.58. The first-order valence-corrected chi connectivity index (χ1v) is 7.10. The topological polar surface area (TPSA) is 147 Å². The number of hydrogen-bond acceptors (Lipinski definition) is 6. The van der Waals surface area contributed by atoms with E-state index in [4.69, 9.17) is 19.8 Å². The van der Waals surface area contributed by atoms with Crippen LogP contribution < -0.4 is 4.52 Å². The summed E-state index contributed by atoms with van der Waals surface area (Å²) in [6.07, 6.45) is -2.35. The molecule has 1 aromatic rings. The Morgan fingerprint density at radius 1 is 0.958 bits per heavy atom. The third-order valence-electron chi connectivity index (χ3n) is 2.49. The molecule has 0 heterocycles. The van der Waals surface area contributed by atoms with Crippen LogP contribution in [-0.4, -0.2) is 38.8 Å². The fraction of sp³-hybridized carbons (Fsp3) is 0.250. The van der Waals surface area contributed by atoms with Crippen molar-refractivity contribution in [1.29, 1.82) is 0 Å². The van der Waals surface area contributed by atoms with Gasteiger partial charge >= 0.3 is 26.2 Å². The van der Waals surface area contributed by atoms with E-state index in [-0.39, 0.29) is 39.9 Å². The van der Waals surface area contributed by atoms with Gasteiger partial charge in [-0.05, 0) is 12.1 Å². The zero-order valence-electron chi connectivity index (χ0n) is 11.7. The molecule has 0 bridgehead atoms. The van der Waals surface area contributed by atoms with Crippen molar-refractivity contribution < 1.29 is 77.5 Å². The Hall–Kier alpha value is -1.34. The minimum atomic E-state index is -3.49. The summed E-state index contributed by atoms with van der Waals surface area (Å²) in [5.41, 5.74) is -2.68. The van der Waals surface area contributed by atoms with E-state index in [1.807, 2.05) is 0 Å². The molecular formula is C12H13Cu2O9P. The largest absolute Gasteiger partial charge is 0.481 e. The van der Waals surface area contributed by atoms with Crippen LogP contribution in [-0.2, 0) is 57.6 Å². The van der Waals surface area contributed by atoms with E-state index in [1.54, 1.807) is 18.2 Å². The monoisotopic (exact) mass is 458 g/mol. The van der Waals surface area contributed by atoms with E-state index in [1.165, 1.54) is 12.1 Å².